The molecule has 3 nitrogen and oxygen atoms in total. The van der Waals surface area contributed by atoms with Gasteiger partial charge in [0.25, 0.3) is 0 Å². The van der Waals surface area contributed by atoms with Crippen molar-refractivity contribution in [1.29, 1.82) is 0 Å². The quantitative estimate of drug-likeness (QED) is 0.707. The summed E-state index contributed by atoms with van der Waals surface area (Å²) in [5.41, 5.74) is 7.79. The Hall–Kier alpha value is -1.03. The topological polar surface area (TPSA) is 47.3 Å². The second-order valence-electron chi connectivity index (χ2n) is 4.60. The van der Waals surface area contributed by atoms with E-state index >= 15 is 0 Å². The molecule has 4 heteroatoms. The number of benzene rings is 1. The van der Waals surface area contributed by atoms with Gasteiger partial charge in [0.1, 0.15) is 5.75 Å². The maximum atomic E-state index is 6.13. The van der Waals surface area contributed by atoms with E-state index < -0.39 is 0 Å². The Balaban J connectivity index is 2.80. The second-order valence-corrected chi connectivity index (χ2v) is 5.87. The van der Waals surface area contributed by atoms with Crippen molar-refractivity contribution in [2.45, 2.75) is 38.4 Å². The van der Waals surface area contributed by atoms with Crippen molar-refractivity contribution < 1.29 is 4.74 Å². The Morgan fingerprint density at radius 2 is 1.95 bits per heavy atom. The first-order valence-corrected chi connectivity index (χ1v) is 8.15. The van der Waals surface area contributed by atoms with Crippen LogP contribution in [-0.2, 0) is 0 Å². The van der Waals surface area contributed by atoms with E-state index in [1.165, 1.54) is 0 Å². The lowest BCUT2D eigenvalue weighted by molar-refractivity contribution is 0.342. The number of nitrogens with two attached hydrogens (primary N) is 1. The van der Waals surface area contributed by atoms with Crippen LogP contribution in [0.2, 0.25) is 0 Å². The molecule has 0 aromatic heterocycles. The van der Waals surface area contributed by atoms with Crippen LogP contribution in [0.4, 0.5) is 11.4 Å². The van der Waals surface area contributed by atoms with E-state index in [0.29, 0.717) is 12.3 Å². The van der Waals surface area contributed by atoms with Crippen molar-refractivity contribution in [3.63, 3.8) is 0 Å². The summed E-state index contributed by atoms with van der Waals surface area (Å²) in [7, 11) is 0. The van der Waals surface area contributed by atoms with Gasteiger partial charge in [0.15, 0.2) is 0 Å². The van der Waals surface area contributed by atoms with Gasteiger partial charge >= 0.3 is 0 Å². The third-order valence-electron chi connectivity index (χ3n) is 3.69. The second kappa shape index (κ2) is 7.53. The van der Waals surface area contributed by atoms with Gasteiger partial charge in [0.05, 0.1) is 18.0 Å². The molecule has 1 aromatic carbocycles. The molecule has 3 N–H and O–H groups in total. The summed E-state index contributed by atoms with van der Waals surface area (Å²) >= 11 is 1.92. The summed E-state index contributed by atoms with van der Waals surface area (Å²) in [6, 6.07) is 5.89. The lowest BCUT2D eigenvalue weighted by atomic mass is 10.0. The monoisotopic (exact) mass is 282 g/mol. The van der Waals surface area contributed by atoms with Crippen molar-refractivity contribution in [2.75, 3.05) is 30.5 Å². The molecule has 0 unspecified atom stereocenters. The highest BCUT2D eigenvalue weighted by molar-refractivity contribution is 8.00. The predicted octanol–water partition coefficient (Wildman–Crippen LogP) is 4.00. The molecular formula is C15H26N2OS. The van der Waals surface area contributed by atoms with E-state index in [9.17, 15) is 0 Å². The fourth-order valence-electron chi connectivity index (χ4n) is 2.10. The molecule has 0 atom stereocenters. The Morgan fingerprint density at radius 1 is 1.26 bits per heavy atom. The SMILES string of the molecule is CCOc1cccc(NCC(CC)(CC)SC)c1N. The highest BCUT2D eigenvalue weighted by atomic mass is 32.2. The highest BCUT2D eigenvalue weighted by Gasteiger charge is 2.24. The van der Waals surface area contributed by atoms with Gasteiger partial charge in [-0.3, -0.25) is 0 Å². The molecule has 19 heavy (non-hydrogen) atoms. The smallest absolute Gasteiger partial charge is 0.144 e. The van der Waals surface area contributed by atoms with Crippen LogP contribution in [0.15, 0.2) is 18.2 Å². The van der Waals surface area contributed by atoms with Crippen LogP contribution < -0.4 is 15.8 Å². The van der Waals surface area contributed by atoms with Crippen LogP contribution in [0.25, 0.3) is 0 Å². The molecule has 1 rings (SSSR count). The van der Waals surface area contributed by atoms with E-state index in [4.69, 9.17) is 10.5 Å². The first-order chi connectivity index (χ1) is 9.12. The Morgan fingerprint density at radius 3 is 2.47 bits per heavy atom. The van der Waals surface area contributed by atoms with Crippen LogP contribution in [0, 0.1) is 0 Å². The molecule has 0 spiro atoms. The van der Waals surface area contributed by atoms with Gasteiger partial charge in [-0.2, -0.15) is 11.8 Å². The van der Waals surface area contributed by atoms with Gasteiger partial charge in [0, 0.05) is 11.3 Å². The molecule has 0 amide bonds. The number of ether oxygens (including phenoxy) is 1. The molecule has 0 saturated heterocycles. The van der Waals surface area contributed by atoms with E-state index in [1.54, 1.807) is 0 Å². The average molecular weight is 282 g/mol. The zero-order valence-corrected chi connectivity index (χ0v) is 13.3. The molecule has 108 valence electrons. The van der Waals surface area contributed by atoms with E-state index in [1.807, 2.05) is 36.9 Å². The third kappa shape index (κ3) is 3.96. The number of thioether (sulfide) groups is 1. The van der Waals surface area contributed by atoms with Crippen molar-refractivity contribution in [3.05, 3.63) is 18.2 Å². The van der Waals surface area contributed by atoms with Gasteiger partial charge in [0.2, 0.25) is 0 Å². The summed E-state index contributed by atoms with van der Waals surface area (Å²) in [6.07, 6.45) is 4.46. The fraction of sp³-hybridized carbons (Fsp3) is 0.600. The fourth-order valence-corrected chi connectivity index (χ4v) is 2.89. The number of nitrogens with one attached hydrogen (secondary N) is 1. The predicted molar refractivity (Wildman–Crippen MR) is 87.3 cm³/mol. The Bertz CT molecular complexity index is 383. The summed E-state index contributed by atoms with van der Waals surface area (Å²) < 4.78 is 5.79. The van der Waals surface area contributed by atoms with Crippen molar-refractivity contribution >= 4 is 23.1 Å². The highest BCUT2D eigenvalue weighted by Crippen LogP contribution is 2.33. The molecule has 0 radical (unpaired) electrons. The molecule has 0 aliphatic rings. The van der Waals surface area contributed by atoms with E-state index in [0.717, 1.165) is 30.8 Å². The van der Waals surface area contributed by atoms with Crippen LogP contribution >= 0.6 is 11.8 Å². The summed E-state index contributed by atoms with van der Waals surface area (Å²) in [5, 5.41) is 3.48. The van der Waals surface area contributed by atoms with Crippen molar-refractivity contribution in [1.82, 2.24) is 0 Å². The number of rotatable bonds is 8. The van der Waals surface area contributed by atoms with Crippen LogP contribution in [-0.4, -0.2) is 24.2 Å². The molecule has 0 saturated carbocycles. The zero-order valence-electron chi connectivity index (χ0n) is 12.5. The van der Waals surface area contributed by atoms with Crippen molar-refractivity contribution in [3.8, 4) is 5.75 Å². The minimum atomic E-state index is 0.272. The molecule has 0 heterocycles. The Kier molecular flexibility index (Phi) is 6.35. The molecule has 0 aliphatic heterocycles. The Labute approximate surface area is 121 Å². The lowest BCUT2D eigenvalue weighted by Gasteiger charge is -2.30. The molecule has 1 aromatic rings. The number of hydrogen-bond acceptors (Lipinski definition) is 4. The van der Waals surface area contributed by atoms with Crippen molar-refractivity contribution in [2.24, 2.45) is 0 Å². The summed E-state index contributed by atoms with van der Waals surface area (Å²) in [6.45, 7) is 7.99. The minimum absolute atomic E-state index is 0.272. The molecule has 0 aliphatic carbocycles. The van der Waals surface area contributed by atoms with Crippen LogP contribution in [0.3, 0.4) is 0 Å². The largest absolute Gasteiger partial charge is 0.492 e. The van der Waals surface area contributed by atoms with Crippen LogP contribution in [0.5, 0.6) is 5.75 Å². The van der Waals surface area contributed by atoms with Crippen LogP contribution in [0.1, 0.15) is 33.6 Å². The van der Waals surface area contributed by atoms with Gasteiger partial charge in [-0.05, 0) is 38.2 Å². The number of anilines is 2. The van der Waals surface area contributed by atoms with Gasteiger partial charge < -0.3 is 15.8 Å². The number of para-hydroxylation sites is 1. The minimum Gasteiger partial charge on any atom is -0.492 e. The number of nitrogen functional groups attached to an aromatic ring is 1. The standard InChI is InChI=1S/C15H26N2OS/c1-5-15(6-2,19-4)11-17-12-9-8-10-13(14(12)16)18-7-3/h8-10,17H,5-7,11,16H2,1-4H3. The third-order valence-corrected chi connectivity index (χ3v) is 5.28. The van der Waals surface area contributed by atoms with E-state index in [2.05, 4.69) is 25.4 Å². The van der Waals surface area contributed by atoms with E-state index in [-0.39, 0.29) is 4.75 Å². The first kappa shape index (κ1) is 16.0. The lowest BCUT2D eigenvalue weighted by Crippen LogP contribution is -2.32. The van der Waals surface area contributed by atoms with Gasteiger partial charge in [-0.15, -0.1) is 0 Å². The molecule has 0 bridgehead atoms. The normalized spacial score (nSPS) is 11.4. The maximum absolute atomic E-state index is 6.13. The average Bonchev–Trinajstić information content (AvgIpc) is 2.45. The first-order valence-electron chi connectivity index (χ1n) is 6.92. The summed E-state index contributed by atoms with van der Waals surface area (Å²) in [5.74, 6) is 0.759. The molecule has 0 fully saturated rings. The molecular weight excluding hydrogens is 256 g/mol. The maximum Gasteiger partial charge on any atom is 0.144 e. The van der Waals surface area contributed by atoms with Gasteiger partial charge in [-0.1, -0.05) is 19.9 Å². The zero-order chi connectivity index (χ0) is 14.3. The van der Waals surface area contributed by atoms with Gasteiger partial charge in [-0.25, -0.2) is 0 Å². The summed E-state index contributed by atoms with van der Waals surface area (Å²) in [4.78, 5) is 0. The number of hydrogen-bond donors (Lipinski definition) is 2.